The van der Waals surface area contributed by atoms with Crippen molar-refractivity contribution in [1.29, 1.82) is 0 Å². The molecule has 0 fully saturated rings. The van der Waals surface area contributed by atoms with Gasteiger partial charge in [0.25, 0.3) is 0 Å². The van der Waals surface area contributed by atoms with Crippen LogP contribution in [0.25, 0.3) is 0 Å². The molecule has 6 heteroatoms. The zero-order valence-corrected chi connectivity index (χ0v) is 13.5. The SMILES string of the molecule is CCCc1c(N)ncnc1Oc1ccc(Br)cc1Br. The Morgan fingerprint density at radius 2 is 2.05 bits per heavy atom. The first-order valence-corrected chi connectivity index (χ1v) is 7.42. The lowest BCUT2D eigenvalue weighted by molar-refractivity contribution is 0.452. The fourth-order valence-corrected chi connectivity index (χ4v) is 2.77. The molecule has 100 valence electrons. The third kappa shape index (κ3) is 3.45. The zero-order chi connectivity index (χ0) is 13.8. The van der Waals surface area contributed by atoms with E-state index in [0.717, 1.165) is 27.4 Å². The summed E-state index contributed by atoms with van der Waals surface area (Å²) in [7, 11) is 0. The second-order valence-electron chi connectivity index (χ2n) is 3.97. The lowest BCUT2D eigenvalue weighted by Crippen LogP contribution is -2.02. The molecule has 0 saturated heterocycles. The molecular formula is C13H13Br2N3O. The van der Waals surface area contributed by atoms with Crippen molar-refractivity contribution >= 4 is 37.7 Å². The molecule has 0 amide bonds. The van der Waals surface area contributed by atoms with Crippen LogP contribution in [0.4, 0.5) is 5.82 Å². The van der Waals surface area contributed by atoms with Gasteiger partial charge >= 0.3 is 0 Å². The largest absolute Gasteiger partial charge is 0.437 e. The molecule has 0 saturated carbocycles. The number of nitrogens with zero attached hydrogens (tertiary/aromatic N) is 2. The van der Waals surface area contributed by atoms with Crippen molar-refractivity contribution in [3.63, 3.8) is 0 Å². The third-order valence-electron chi connectivity index (χ3n) is 2.54. The van der Waals surface area contributed by atoms with Crippen molar-refractivity contribution in [3.8, 4) is 11.6 Å². The van der Waals surface area contributed by atoms with E-state index in [-0.39, 0.29) is 0 Å². The maximum absolute atomic E-state index is 5.87. The van der Waals surface area contributed by atoms with E-state index in [4.69, 9.17) is 10.5 Å². The lowest BCUT2D eigenvalue weighted by atomic mass is 10.2. The Balaban J connectivity index is 2.35. The summed E-state index contributed by atoms with van der Waals surface area (Å²) >= 11 is 6.86. The molecule has 2 rings (SSSR count). The van der Waals surface area contributed by atoms with E-state index >= 15 is 0 Å². The summed E-state index contributed by atoms with van der Waals surface area (Å²) in [4.78, 5) is 8.18. The van der Waals surface area contributed by atoms with Gasteiger partial charge in [-0.05, 0) is 40.5 Å². The molecule has 0 unspecified atom stereocenters. The summed E-state index contributed by atoms with van der Waals surface area (Å²) in [6.45, 7) is 2.08. The van der Waals surface area contributed by atoms with E-state index in [0.29, 0.717) is 17.4 Å². The van der Waals surface area contributed by atoms with E-state index < -0.39 is 0 Å². The van der Waals surface area contributed by atoms with Crippen molar-refractivity contribution in [2.45, 2.75) is 19.8 Å². The Hall–Kier alpha value is -1.14. The first-order valence-electron chi connectivity index (χ1n) is 5.84. The predicted octanol–water partition coefficient (Wildman–Crippen LogP) is 4.33. The fourth-order valence-electron chi connectivity index (χ4n) is 1.64. The van der Waals surface area contributed by atoms with E-state index in [1.165, 1.54) is 6.33 Å². The van der Waals surface area contributed by atoms with Crippen LogP contribution in [0.3, 0.4) is 0 Å². The van der Waals surface area contributed by atoms with Crippen molar-refractivity contribution in [3.05, 3.63) is 39.0 Å². The number of benzene rings is 1. The van der Waals surface area contributed by atoms with Gasteiger partial charge < -0.3 is 10.5 Å². The van der Waals surface area contributed by atoms with Gasteiger partial charge in [0.1, 0.15) is 17.9 Å². The van der Waals surface area contributed by atoms with Gasteiger partial charge in [0.2, 0.25) is 5.88 Å². The second kappa shape index (κ2) is 6.34. The van der Waals surface area contributed by atoms with Gasteiger partial charge in [0, 0.05) is 4.47 Å². The zero-order valence-electron chi connectivity index (χ0n) is 10.4. The van der Waals surface area contributed by atoms with Crippen LogP contribution in [0.5, 0.6) is 11.6 Å². The van der Waals surface area contributed by atoms with Crippen molar-refractivity contribution in [2.75, 3.05) is 5.73 Å². The minimum absolute atomic E-state index is 0.472. The molecule has 2 aromatic rings. The number of hydrogen-bond acceptors (Lipinski definition) is 4. The average molecular weight is 387 g/mol. The molecule has 0 aliphatic heterocycles. The highest BCUT2D eigenvalue weighted by Gasteiger charge is 2.12. The molecule has 0 radical (unpaired) electrons. The van der Waals surface area contributed by atoms with E-state index in [1.54, 1.807) is 0 Å². The maximum Gasteiger partial charge on any atom is 0.227 e. The highest BCUT2D eigenvalue weighted by Crippen LogP contribution is 2.33. The van der Waals surface area contributed by atoms with Crippen LogP contribution in [-0.4, -0.2) is 9.97 Å². The van der Waals surface area contributed by atoms with Crippen LogP contribution >= 0.6 is 31.9 Å². The minimum Gasteiger partial charge on any atom is -0.437 e. The Morgan fingerprint density at radius 3 is 2.74 bits per heavy atom. The van der Waals surface area contributed by atoms with Crippen LogP contribution in [-0.2, 0) is 6.42 Å². The fraction of sp³-hybridized carbons (Fsp3) is 0.231. The van der Waals surface area contributed by atoms with E-state index in [9.17, 15) is 0 Å². The third-order valence-corrected chi connectivity index (χ3v) is 3.65. The Morgan fingerprint density at radius 1 is 1.26 bits per heavy atom. The van der Waals surface area contributed by atoms with Crippen LogP contribution in [0.2, 0.25) is 0 Å². The quantitative estimate of drug-likeness (QED) is 0.849. The van der Waals surface area contributed by atoms with Crippen molar-refractivity contribution < 1.29 is 4.74 Å². The standard InChI is InChI=1S/C13H13Br2N3O/c1-2-3-9-12(16)17-7-18-13(9)19-11-5-4-8(14)6-10(11)15/h4-7H,2-3H2,1H3,(H2,16,17,18). The van der Waals surface area contributed by atoms with Crippen molar-refractivity contribution in [2.24, 2.45) is 0 Å². The average Bonchev–Trinajstić information content (AvgIpc) is 2.37. The maximum atomic E-state index is 5.87. The molecule has 0 aliphatic carbocycles. The van der Waals surface area contributed by atoms with Gasteiger partial charge in [0.05, 0.1) is 10.0 Å². The van der Waals surface area contributed by atoms with Gasteiger partial charge in [-0.2, -0.15) is 0 Å². The molecule has 0 spiro atoms. The van der Waals surface area contributed by atoms with Gasteiger partial charge in [-0.25, -0.2) is 9.97 Å². The number of aromatic nitrogens is 2. The van der Waals surface area contributed by atoms with Gasteiger partial charge in [0.15, 0.2) is 0 Å². The molecule has 1 heterocycles. The first kappa shape index (κ1) is 14.3. The Bertz CT molecular complexity index is 590. The smallest absolute Gasteiger partial charge is 0.227 e. The number of nitrogens with two attached hydrogens (primary N) is 1. The van der Waals surface area contributed by atoms with E-state index in [2.05, 4.69) is 48.8 Å². The molecule has 0 atom stereocenters. The van der Waals surface area contributed by atoms with E-state index in [1.807, 2.05) is 18.2 Å². The number of rotatable bonds is 4. The summed E-state index contributed by atoms with van der Waals surface area (Å²) in [6.07, 6.45) is 3.15. The first-order chi connectivity index (χ1) is 9.11. The van der Waals surface area contributed by atoms with Crippen molar-refractivity contribution in [1.82, 2.24) is 9.97 Å². The number of halogens is 2. The summed E-state index contributed by atoms with van der Waals surface area (Å²) in [6, 6.07) is 5.69. The molecule has 1 aromatic carbocycles. The summed E-state index contributed by atoms with van der Waals surface area (Å²) in [5, 5.41) is 0. The van der Waals surface area contributed by atoms with Gasteiger partial charge in [-0.15, -0.1) is 0 Å². The number of hydrogen-bond donors (Lipinski definition) is 1. The molecular weight excluding hydrogens is 374 g/mol. The van der Waals surface area contributed by atoms with Crippen LogP contribution in [0.1, 0.15) is 18.9 Å². The molecule has 2 N–H and O–H groups in total. The number of ether oxygens (including phenoxy) is 1. The topological polar surface area (TPSA) is 61.0 Å². The van der Waals surface area contributed by atoms with Crippen LogP contribution in [0, 0.1) is 0 Å². The second-order valence-corrected chi connectivity index (χ2v) is 5.74. The number of anilines is 1. The lowest BCUT2D eigenvalue weighted by Gasteiger charge is -2.12. The Kier molecular flexibility index (Phi) is 4.76. The molecule has 1 aromatic heterocycles. The monoisotopic (exact) mass is 385 g/mol. The van der Waals surface area contributed by atoms with Crippen LogP contribution in [0.15, 0.2) is 33.5 Å². The predicted molar refractivity (Wildman–Crippen MR) is 82.4 cm³/mol. The summed E-state index contributed by atoms with van der Waals surface area (Å²) in [5.41, 5.74) is 6.72. The van der Waals surface area contributed by atoms with Gasteiger partial charge in [-0.1, -0.05) is 29.3 Å². The summed E-state index contributed by atoms with van der Waals surface area (Å²) < 4.78 is 7.65. The molecule has 19 heavy (non-hydrogen) atoms. The normalized spacial score (nSPS) is 10.5. The summed E-state index contributed by atoms with van der Waals surface area (Å²) in [5.74, 6) is 1.68. The van der Waals surface area contributed by atoms with Crippen LogP contribution < -0.4 is 10.5 Å². The van der Waals surface area contributed by atoms with Gasteiger partial charge in [-0.3, -0.25) is 0 Å². The highest BCUT2D eigenvalue weighted by molar-refractivity contribution is 9.11. The minimum atomic E-state index is 0.472. The Labute approximate surface area is 128 Å². The molecule has 0 aliphatic rings. The number of nitrogen functional groups attached to an aromatic ring is 1. The highest BCUT2D eigenvalue weighted by atomic mass is 79.9. The molecule has 4 nitrogen and oxygen atoms in total. The molecule has 0 bridgehead atoms.